The molecule has 0 saturated carbocycles. The van der Waals surface area contributed by atoms with Gasteiger partial charge in [0.1, 0.15) is 17.4 Å². The number of halogens is 4. The molecule has 0 atom stereocenters. The van der Waals surface area contributed by atoms with E-state index in [1.165, 1.54) is 18.2 Å². The van der Waals surface area contributed by atoms with Crippen LogP contribution in [-0.2, 0) is 10.9 Å². The highest BCUT2D eigenvalue weighted by molar-refractivity contribution is 5.46. The summed E-state index contributed by atoms with van der Waals surface area (Å²) >= 11 is 0. The number of benzene rings is 1. The molecule has 4 rings (SSSR count). The molecule has 0 unspecified atom stereocenters. The van der Waals surface area contributed by atoms with Gasteiger partial charge in [-0.1, -0.05) is 6.07 Å². The fourth-order valence-corrected chi connectivity index (χ4v) is 4.00. The molecule has 30 heavy (non-hydrogen) atoms. The minimum Gasteiger partial charge on any atom is -0.439 e. The molecule has 0 aliphatic carbocycles. The van der Waals surface area contributed by atoms with Crippen molar-refractivity contribution in [3.8, 4) is 11.6 Å². The Balaban J connectivity index is 1.56. The molecule has 1 aromatic carbocycles. The molecule has 2 fully saturated rings. The number of anilines is 1. The van der Waals surface area contributed by atoms with Crippen LogP contribution in [0.15, 0.2) is 36.4 Å². The van der Waals surface area contributed by atoms with Crippen LogP contribution in [0.4, 0.5) is 23.4 Å². The van der Waals surface area contributed by atoms with Gasteiger partial charge in [-0.2, -0.15) is 18.2 Å². The Hall–Kier alpha value is -2.39. The average molecular weight is 425 g/mol. The van der Waals surface area contributed by atoms with Crippen LogP contribution in [0.1, 0.15) is 18.4 Å². The Kier molecular flexibility index (Phi) is 5.59. The summed E-state index contributed by atoms with van der Waals surface area (Å²) in [6, 6.07) is 7.08. The zero-order chi connectivity index (χ0) is 21.4. The quantitative estimate of drug-likeness (QED) is 0.685. The number of aromatic nitrogens is 1. The summed E-state index contributed by atoms with van der Waals surface area (Å²) in [6.45, 7) is 3.40. The Labute approximate surface area is 172 Å². The van der Waals surface area contributed by atoms with Crippen molar-refractivity contribution in [2.45, 2.75) is 24.6 Å². The highest BCUT2D eigenvalue weighted by atomic mass is 19.4. The maximum atomic E-state index is 13.5. The largest absolute Gasteiger partial charge is 0.439 e. The molecular weight excluding hydrogens is 402 g/mol. The maximum absolute atomic E-state index is 13.5. The predicted molar refractivity (Wildman–Crippen MR) is 103 cm³/mol. The number of hydrogen-bond acceptors (Lipinski definition) is 5. The fraction of sp³-hybridized carbons (Fsp3) is 0.476. The topological polar surface area (TPSA) is 37.8 Å². The summed E-state index contributed by atoms with van der Waals surface area (Å²) in [6.07, 6.45) is -3.14. The van der Waals surface area contributed by atoms with Gasteiger partial charge in [-0.25, -0.2) is 4.39 Å². The smallest absolute Gasteiger partial charge is 0.416 e. The minimum absolute atomic E-state index is 0.0871. The van der Waals surface area contributed by atoms with Gasteiger partial charge >= 0.3 is 6.18 Å². The molecule has 1 aromatic heterocycles. The molecule has 0 bridgehead atoms. The molecule has 0 amide bonds. The Morgan fingerprint density at radius 3 is 2.53 bits per heavy atom. The van der Waals surface area contributed by atoms with Gasteiger partial charge < -0.3 is 19.3 Å². The van der Waals surface area contributed by atoms with E-state index in [9.17, 15) is 17.6 Å². The maximum Gasteiger partial charge on any atom is 0.416 e. The molecule has 2 saturated heterocycles. The second kappa shape index (κ2) is 8.03. The van der Waals surface area contributed by atoms with Gasteiger partial charge in [-0.3, -0.25) is 0 Å². The monoisotopic (exact) mass is 425 g/mol. The number of pyridine rings is 1. The van der Waals surface area contributed by atoms with Crippen molar-refractivity contribution in [1.82, 2.24) is 9.88 Å². The van der Waals surface area contributed by atoms with E-state index in [2.05, 4.69) is 9.88 Å². The van der Waals surface area contributed by atoms with Gasteiger partial charge in [0, 0.05) is 38.3 Å². The molecule has 3 heterocycles. The molecule has 2 aliphatic rings. The van der Waals surface area contributed by atoms with Crippen LogP contribution in [-0.4, -0.2) is 55.3 Å². The lowest BCUT2D eigenvalue weighted by Gasteiger charge is -2.46. The molecule has 2 aliphatic heterocycles. The van der Waals surface area contributed by atoms with Gasteiger partial charge in [0.25, 0.3) is 0 Å². The lowest BCUT2D eigenvalue weighted by molar-refractivity contribution is -0.137. The molecule has 0 N–H and O–H groups in total. The van der Waals surface area contributed by atoms with Crippen LogP contribution >= 0.6 is 0 Å². The Morgan fingerprint density at radius 2 is 1.87 bits per heavy atom. The van der Waals surface area contributed by atoms with Gasteiger partial charge in [-0.05, 0) is 38.1 Å². The fourth-order valence-electron chi connectivity index (χ4n) is 4.00. The second-order valence-electron chi connectivity index (χ2n) is 7.87. The third kappa shape index (κ3) is 4.67. The number of rotatable bonds is 3. The lowest BCUT2D eigenvalue weighted by Crippen LogP contribution is -2.56. The highest BCUT2D eigenvalue weighted by Crippen LogP contribution is 2.37. The Morgan fingerprint density at radius 1 is 1.10 bits per heavy atom. The number of hydrogen-bond donors (Lipinski definition) is 0. The average Bonchev–Trinajstić information content (AvgIpc) is 2.67. The zero-order valence-corrected chi connectivity index (χ0v) is 16.6. The van der Waals surface area contributed by atoms with Crippen LogP contribution < -0.4 is 9.64 Å². The van der Waals surface area contributed by atoms with Crippen molar-refractivity contribution in [2.24, 2.45) is 0 Å². The third-order valence-corrected chi connectivity index (χ3v) is 5.57. The van der Waals surface area contributed by atoms with Crippen molar-refractivity contribution >= 4 is 5.82 Å². The number of nitrogens with zero attached hydrogens (tertiary/aromatic N) is 3. The SMILES string of the molecule is CN1CCOC2(CCN(c3cc(C(F)(F)F)cc(Oc4cccc(F)c4)n3)CC2)C1. The van der Waals surface area contributed by atoms with Crippen LogP contribution in [0.25, 0.3) is 0 Å². The van der Waals surface area contributed by atoms with Crippen LogP contribution in [0, 0.1) is 5.82 Å². The zero-order valence-electron chi connectivity index (χ0n) is 16.6. The third-order valence-electron chi connectivity index (χ3n) is 5.57. The van der Waals surface area contributed by atoms with Crippen molar-refractivity contribution in [2.75, 3.05) is 44.7 Å². The standard InChI is InChI=1S/C21H23F4N3O2/c1-27-9-10-29-20(14-27)5-7-28(8-6-20)18-11-15(21(23,24)25)12-19(26-18)30-17-4-2-3-16(22)13-17/h2-4,11-13H,5-10,14H2,1H3. The molecule has 1 spiro atoms. The van der Waals surface area contributed by atoms with Crippen LogP contribution in [0.5, 0.6) is 11.6 Å². The number of alkyl halides is 3. The summed E-state index contributed by atoms with van der Waals surface area (Å²) in [5.41, 5.74) is -1.11. The van der Waals surface area contributed by atoms with Crippen molar-refractivity contribution in [3.05, 3.63) is 47.8 Å². The summed E-state index contributed by atoms with van der Waals surface area (Å²) in [4.78, 5) is 8.31. The van der Waals surface area contributed by atoms with E-state index >= 15 is 0 Å². The van der Waals surface area contributed by atoms with Gasteiger partial charge in [-0.15, -0.1) is 0 Å². The first-order chi connectivity index (χ1) is 14.2. The van der Waals surface area contributed by atoms with Crippen molar-refractivity contribution in [1.29, 1.82) is 0 Å². The Bertz CT molecular complexity index is 898. The summed E-state index contributed by atoms with van der Waals surface area (Å²) < 4.78 is 65.2. The van der Waals surface area contributed by atoms with Gasteiger partial charge in [0.15, 0.2) is 0 Å². The summed E-state index contributed by atoms with van der Waals surface area (Å²) in [5.74, 6) is -0.489. The number of ether oxygens (including phenoxy) is 2. The second-order valence-corrected chi connectivity index (χ2v) is 7.87. The van der Waals surface area contributed by atoms with Crippen LogP contribution in [0.2, 0.25) is 0 Å². The van der Waals surface area contributed by atoms with E-state index in [4.69, 9.17) is 9.47 Å². The predicted octanol–water partition coefficient (Wildman–Crippen LogP) is 4.33. The van der Waals surface area contributed by atoms with E-state index < -0.39 is 17.6 Å². The summed E-state index contributed by atoms with van der Waals surface area (Å²) in [5, 5.41) is 0. The van der Waals surface area contributed by atoms with Crippen molar-refractivity contribution < 1.29 is 27.0 Å². The molecule has 2 aromatic rings. The lowest BCUT2D eigenvalue weighted by atomic mass is 9.89. The molecule has 9 heteroatoms. The number of likely N-dealkylation sites (N-methyl/N-ethyl adjacent to an activating group) is 1. The first-order valence-electron chi connectivity index (χ1n) is 9.83. The first-order valence-corrected chi connectivity index (χ1v) is 9.83. The van der Waals surface area contributed by atoms with E-state index in [-0.39, 0.29) is 23.0 Å². The van der Waals surface area contributed by atoms with E-state index in [0.717, 1.165) is 31.3 Å². The normalized spacial score (nSPS) is 19.8. The number of piperidine rings is 1. The van der Waals surface area contributed by atoms with Crippen LogP contribution in [0.3, 0.4) is 0 Å². The highest BCUT2D eigenvalue weighted by Gasteiger charge is 2.40. The van der Waals surface area contributed by atoms with Gasteiger partial charge in [0.2, 0.25) is 5.88 Å². The molecular formula is C21H23F4N3O2. The van der Waals surface area contributed by atoms with Crippen molar-refractivity contribution in [3.63, 3.8) is 0 Å². The molecule has 0 radical (unpaired) electrons. The van der Waals surface area contributed by atoms with E-state index in [1.54, 1.807) is 0 Å². The molecule has 5 nitrogen and oxygen atoms in total. The minimum atomic E-state index is -4.55. The molecule has 162 valence electrons. The number of morpholine rings is 1. The van der Waals surface area contributed by atoms with Gasteiger partial charge in [0.05, 0.1) is 17.8 Å². The first kappa shape index (κ1) is 20.9. The summed E-state index contributed by atoms with van der Waals surface area (Å²) in [7, 11) is 2.04. The van der Waals surface area contributed by atoms with E-state index in [0.29, 0.717) is 32.5 Å². The van der Waals surface area contributed by atoms with E-state index in [1.807, 2.05) is 11.9 Å².